The molecular formula is C18H24N2O5. The average Bonchev–Trinajstić information content (AvgIpc) is 2.99. The molecule has 0 saturated carbocycles. The van der Waals surface area contributed by atoms with Crippen molar-refractivity contribution in [3.8, 4) is 11.5 Å². The van der Waals surface area contributed by atoms with Crippen LogP contribution in [0.5, 0.6) is 11.5 Å². The predicted molar refractivity (Wildman–Crippen MR) is 90.8 cm³/mol. The van der Waals surface area contributed by atoms with E-state index in [4.69, 9.17) is 14.2 Å². The van der Waals surface area contributed by atoms with Gasteiger partial charge in [-0.1, -0.05) is 6.07 Å². The molecule has 1 aromatic carbocycles. The average molecular weight is 348 g/mol. The molecule has 0 radical (unpaired) electrons. The van der Waals surface area contributed by atoms with Crippen LogP contribution in [0.25, 0.3) is 0 Å². The minimum Gasteiger partial charge on any atom is -0.486 e. The third-order valence-corrected chi connectivity index (χ3v) is 4.39. The van der Waals surface area contributed by atoms with E-state index in [0.717, 1.165) is 11.3 Å². The van der Waals surface area contributed by atoms with Crippen molar-refractivity contribution in [2.24, 2.45) is 0 Å². The number of carbonyl (C=O) groups excluding carboxylic acids is 2. The van der Waals surface area contributed by atoms with Gasteiger partial charge in [-0.2, -0.15) is 0 Å². The molecule has 0 atom stereocenters. The highest BCUT2D eigenvalue weighted by atomic mass is 16.6. The first-order valence-corrected chi connectivity index (χ1v) is 8.58. The van der Waals surface area contributed by atoms with Crippen molar-refractivity contribution in [2.75, 3.05) is 32.9 Å². The molecule has 0 spiro atoms. The molecule has 2 heterocycles. The second-order valence-corrected chi connectivity index (χ2v) is 6.74. The zero-order chi connectivity index (χ0) is 17.9. The van der Waals surface area contributed by atoms with E-state index in [1.165, 1.54) is 0 Å². The van der Waals surface area contributed by atoms with Gasteiger partial charge in [-0.05, 0) is 38.0 Å². The SMILES string of the molecule is CC(C)(NC(=O)CCCN1CCOC1=O)c1ccc2c(c1)OCCO2. The van der Waals surface area contributed by atoms with Gasteiger partial charge in [-0.3, -0.25) is 4.79 Å². The predicted octanol–water partition coefficient (Wildman–Crippen LogP) is 2.04. The quantitative estimate of drug-likeness (QED) is 0.851. The zero-order valence-electron chi connectivity index (χ0n) is 14.7. The van der Waals surface area contributed by atoms with Gasteiger partial charge in [0, 0.05) is 13.0 Å². The summed E-state index contributed by atoms with van der Waals surface area (Å²) in [4.78, 5) is 25.3. The molecule has 7 heteroatoms. The van der Waals surface area contributed by atoms with Gasteiger partial charge in [0.05, 0.1) is 12.1 Å². The van der Waals surface area contributed by atoms with Crippen molar-refractivity contribution >= 4 is 12.0 Å². The standard InChI is InChI=1S/C18H24N2O5/c1-18(2,13-5-6-14-15(12-13)24-11-10-23-14)19-16(21)4-3-7-20-8-9-25-17(20)22/h5-6,12H,3-4,7-11H2,1-2H3,(H,19,21). The maximum Gasteiger partial charge on any atom is 0.409 e. The molecule has 1 saturated heterocycles. The van der Waals surface area contributed by atoms with Gasteiger partial charge < -0.3 is 24.4 Å². The number of rotatable bonds is 6. The molecule has 0 aromatic heterocycles. The number of amides is 2. The third kappa shape index (κ3) is 4.15. The third-order valence-electron chi connectivity index (χ3n) is 4.39. The fourth-order valence-electron chi connectivity index (χ4n) is 2.97. The van der Waals surface area contributed by atoms with E-state index < -0.39 is 5.54 Å². The number of fused-ring (bicyclic) bond motifs is 1. The van der Waals surface area contributed by atoms with E-state index in [1.807, 2.05) is 32.0 Å². The summed E-state index contributed by atoms with van der Waals surface area (Å²) in [5.41, 5.74) is 0.424. The van der Waals surface area contributed by atoms with Crippen molar-refractivity contribution in [3.05, 3.63) is 23.8 Å². The molecule has 1 aromatic rings. The molecule has 3 rings (SSSR count). The van der Waals surface area contributed by atoms with Gasteiger partial charge >= 0.3 is 6.09 Å². The largest absolute Gasteiger partial charge is 0.486 e. The summed E-state index contributed by atoms with van der Waals surface area (Å²) in [5.74, 6) is 1.39. The Kier molecular flexibility index (Phi) is 5.01. The minimum absolute atomic E-state index is 0.0487. The Labute approximate surface area is 147 Å². The van der Waals surface area contributed by atoms with Crippen molar-refractivity contribution in [3.63, 3.8) is 0 Å². The van der Waals surface area contributed by atoms with Gasteiger partial charge in [0.25, 0.3) is 0 Å². The molecule has 2 aliphatic heterocycles. The minimum atomic E-state index is -0.528. The van der Waals surface area contributed by atoms with Gasteiger partial charge in [0.2, 0.25) is 5.91 Å². The lowest BCUT2D eigenvalue weighted by Gasteiger charge is -2.29. The molecule has 2 aliphatic rings. The topological polar surface area (TPSA) is 77.1 Å². The lowest BCUT2D eigenvalue weighted by Crippen LogP contribution is -2.41. The first kappa shape index (κ1) is 17.4. The summed E-state index contributed by atoms with van der Waals surface area (Å²) in [6.45, 7) is 6.56. The Balaban J connectivity index is 1.53. The van der Waals surface area contributed by atoms with E-state index in [2.05, 4.69) is 5.32 Å². The molecule has 136 valence electrons. The summed E-state index contributed by atoms with van der Waals surface area (Å²) in [7, 11) is 0. The molecule has 1 fully saturated rings. The highest BCUT2D eigenvalue weighted by Gasteiger charge is 2.26. The number of benzene rings is 1. The van der Waals surface area contributed by atoms with Crippen LogP contribution in [0.15, 0.2) is 18.2 Å². The summed E-state index contributed by atoms with van der Waals surface area (Å²) >= 11 is 0. The number of ether oxygens (including phenoxy) is 3. The van der Waals surface area contributed by atoms with E-state index in [-0.39, 0.29) is 12.0 Å². The Hall–Kier alpha value is -2.44. The lowest BCUT2D eigenvalue weighted by molar-refractivity contribution is -0.122. The number of nitrogens with zero attached hydrogens (tertiary/aromatic N) is 1. The Morgan fingerprint density at radius 2 is 1.92 bits per heavy atom. The van der Waals surface area contributed by atoms with Crippen LogP contribution < -0.4 is 14.8 Å². The van der Waals surface area contributed by atoms with Crippen LogP contribution >= 0.6 is 0 Å². The smallest absolute Gasteiger partial charge is 0.409 e. The second kappa shape index (κ2) is 7.21. The monoisotopic (exact) mass is 348 g/mol. The molecule has 25 heavy (non-hydrogen) atoms. The van der Waals surface area contributed by atoms with Gasteiger partial charge in [0.1, 0.15) is 19.8 Å². The van der Waals surface area contributed by atoms with Gasteiger partial charge in [-0.25, -0.2) is 4.79 Å². The molecule has 2 amide bonds. The Bertz CT molecular complexity index is 659. The molecule has 7 nitrogen and oxygen atoms in total. The zero-order valence-corrected chi connectivity index (χ0v) is 14.7. The van der Waals surface area contributed by atoms with E-state index in [0.29, 0.717) is 51.5 Å². The Morgan fingerprint density at radius 1 is 1.16 bits per heavy atom. The van der Waals surface area contributed by atoms with Crippen molar-refractivity contribution < 1.29 is 23.8 Å². The van der Waals surface area contributed by atoms with Crippen LogP contribution in [-0.2, 0) is 15.1 Å². The highest BCUT2D eigenvalue weighted by Crippen LogP contribution is 2.34. The molecular weight excluding hydrogens is 324 g/mol. The van der Waals surface area contributed by atoms with Crippen LogP contribution in [0, 0.1) is 0 Å². The number of nitrogens with one attached hydrogen (secondary N) is 1. The van der Waals surface area contributed by atoms with E-state index in [9.17, 15) is 9.59 Å². The van der Waals surface area contributed by atoms with Crippen LogP contribution in [0.2, 0.25) is 0 Å². The van der Waals surface area contributed by atoms with E-state index >= 15 is 0 Å². The van der Waals surface area contributed by atoms with Crippen LogP contribution in [0.4, 0.5) is 4.79 Å². The van der Waals surface area contributed by atoms with Crippen LogP contribution in [-0.4, -0.2) is 49.8 Å². The number of hydrogen-bond acceptors (Lipinski definition) is 5. The van der Waals surface area contributed by atoms with Crippen molar-refractivity contribution in [1.29, 1.82) is 0 Å². The normalized spacial score (nSPS) is 16.6. The van der Waals surface area contributed by atoms with Crippen molar-refractivity contribution in [1.82, 2.24) is 10.2 Å². The van der Waals surface area contributed by atoms with Crippen LogP contribution in [0.1, 0.15) is 32.3 Å². The highest BCUT2D eigenvalue weighted by molar-refractivity contribution is 5.77. The maximum atomic E-state index is 12.3. The lowest BCUT2D eigenvalue weighted by atomic mass is 9.93. The molecule has 0 aliphatic carbocycles. The summed E-state index contributed by atoms with van der Waals surface area (Å²) in [5, 5.41) is 3.05. The number of cyclic esters (lactones) is 1. The summed E-state index contributed by atoms with van der Waals surface area (Å²) in [6, 6.07) is 5.72. The van der Waals surface area contributed by atoms with E-state index in [1.54, 1.807) is 4.90 Å². The number of hydrogen-bond donors (Lipinski definition) is 1. The maximum absolute atomic E-state index is 12.3. The summed E-state index contributed by atoms with van der Waals surface area (Å²) < 4.78 is 16.0. The number of carbonyl (C=O) groups is 2. The fourth-order valence-corrected chi connectivity index (χ4v) is 2.97. The van der Waals surface area contributed by atoms with Crippen LogP contribution in [0.3, 0.4) is 0 Å². The van der Waals surface area contributed by atoms with Crippen molar-refractivity contribution in [2.45, 2.75) is 32.2 Å². The van der Waals surface area contributed by atoms with Gasteiger partial charge in [-0.15, -0.1) is 0 Å². The first-order chi connectivity index (χ1) is 12.0. The molecule has 0 unspecified atom stereocenters. The summed E-state index contributed by atoms with van der Waals surface area (Å²) in [6.07, 6.45) is 0.674. The fraction of sp³-hybridized carbons (Fsp3) is 0.556. The van der Waals surface area contributed by atoms with Gasteiger partial charge in [0.15, 0.2) is 11.5 Å². The second-order valence-electron chi connectivity index (χ2n) is 6.74. The molecule has 0 bridgehead atoms. The Morgan fingerprint density at radius 3 is 2.64 bits per heavy atom. The molecule has 1 N–H and O–H groups in total. The first-order valence-electron chi connectivity index (χ1n) is 8.58.